The molecule has 0 fully saturated rings. The molecule has 0 bridgehead atoms. The summed E-state index contributed by atoms with van der Waals surface area (Å²) in [4.78, 5) is 0. The topological polar surface area (TPSA) is 30.1 Å². The van der Waals surface area contributed by atoms with Gasteiger partial charge in [0.1, 0.15) is 5.76 Å². The second-order valence-corrected chi connectivity index (χ2v) is 4.90. The summed E-state index contributed by atoms with van der Waals surface area (Å²) >= 11 is 6.04. The summed E-state index contributed by atoms with van der Waals surface area (Å²) in [6.07, 6.45) is 3.79. The molecule has 0 aliphatic heterocycles. The third-order valence-corrected chi connectivity index (χ3v) is 3.38. The summed E-state index contributed by atoms with van der Waals surface area (Å²) in [6.45, 7) is 2.55. The number of aromatic nitrogens is 1. The fourth-order valence-corrected chi connectivity index (χ4v) is 2.34. The van der Waals surface area contributed by atoms with Gasteiger partial charge in [-0.3, -0.25) is 0 Å². The zero-order chi connectivity index (χ0) is 13.1. The van der Waals surface area contributed by atoms with E-state index in [1.54, 1.807) is 6.26 Å². The third kappa shape index (κ3) is 2.83. The lowest BCUT2D eigenvalue weighted by molar-refractivity contribution is 0.477. The Kier molecular flexibility index (Phi) is 3.58. The van der Waals surface area contributed by atoms with Crippen LogP contribution in [-0.2, 0) is 13.1 Å². The molecule has 3 rings (SSSR count). The highest BCUT2D eigenvalue weighted by molar-refractivity contribution is 6.31. The predicted octanol–water partition coefficient (Wildman–Crippen LogP) is 3.68. The van der Waals surface area contributed by atoms with Crippen LogP contribution in [0.15, 0.2) is 53.3 Å². The van der Waals surface area contributed by atoms with Crippen molar-refractivity contribution in [2.75, 3.05) is 6.54 Å². The molecular weight excluding hydrogens is 260 g/mol. The molecular formula is C15H15ClN2O. The minimum Gasteiger partial charge on any atom is -0.468 e. The van der Waals surface area contributed by atoms with E-state index in [1.165, 1.54) is 10.9 Å². The highest BCUT2D eigenvalue weighted by Gasteiger charge is 2.01. The van der Waals surface area contributed by atoms with E-state index in [2.05, 4.69) is 22.1 Å². The van der Waals surface area contributed by atoms with Gasteiger partial charge in [-0.1, -0.05) is 17.7 Å². The van der Waals surface area contributed by atoms with Gasteiger partial charge in [-0.2, -0.15) is 0 Å². The Morgan fingerprint density at radius 1 is 1.21 bits per heavy atom. The smallest absolute Gasteiger partial charge is 0.117 e. The van der Waals surface area contributed by atoms with Gasteiger partial charge in [-0.25, -0.2) is 0 Å². The molecule has 0 radical (unpaired) electrons. The second kappa shape index (κ2) is 5.51. The van der Waals surface area contributed by atoms with E-state index >= 15 is 0 Å². The summed E-state index contributed by atoms with van der Waals surface area (Å²) in [5.41, 5.74) is 1.17. The van der Waals surface area contributed by atoms with Crippen LogP contribution in [0, 0.1) is 0 Å². The van der Waals surface area contributed by atoms with Crippen LogP contribution in [0.2, 0.25) is 5.02 Å². The van der Waals surface area contributed by atoms with Crippen molar-refractivity contribution in [2.24, 2.45) is 0 Å². The molecule has 0 saturated carbocycles. The number of fused-ring (bicyclic) bond motifs is 1. The minimum absolute atomic E-state index is 0.757. The fraction of sp³-hybridized carbons (Fsp3) is 0.200. The van der Waals surface area contributed by atoms with Crippen molar-refractivity contribution in [1.82, 2.24) is 9.88 Å². The van der Waals surface area contributed by atoms with E-state index in [-0.39, 0.29) is 0 Å². The van der Waals surface area contributed by atoms with Gasteiger partial charge in [0.15, 0.2) is 0 Å². The number of nitrogens with one attached hydrogen (secondary N) is 1. The SMILES string of the molecule is Clc1ccc2ccn(CCNCc3ccco3)c2c1. The Morgan fingerprint density at radius 3 is 3.00 bits per heavy atom. The van der Waals surface area contributed by atoms with E-state index in [1.807, 2.05) is 30.3 Å². The largest absolute Gasteiger partial charge is 0.468 e. The summed E-state index contributed by atoms with van der Waals surface area (Å²) < 4.78 is 7.47. The van der Waals surface area contributed by atoms with Crippen LogP contribution in [-0.4, -0.2) is 11.1 Å². The molecule has 4 heteroatoms. The molecule has 0 atom stereocenters. The summed E-state index contributed by atoms with van der Waals surface area (Å²) in [6, 6.07) is 12.0. The minimum atomic E-state index is 0.757. The van der Waals surface area contributed by atoms with Crippen LogP contribution in [0.4, 0.5) is 0 Å². The zero-order valence-corrected chi connectivity index (χ0v) is 11.2. The normalized spacial score (nSPS) is 11.2. The molecule has 0 aliphatic rings. The lowest BCUT2D eigenvalue weighted by atomic mass is 10.2. The van der Waals surface area contributed by atoms with Crippen LogP contribution in [0.5, 0.6) is 0 Å². The molecule has 2 aromatic heterocycles. The van der Waals surface area contributed by atoms with Gasteiger partial charge in [0.05, 0.1) is 12.8 Å². The zero-order valence-electron chi connectivity index (χ0n) is 10.5. The van der Waals surface area contributed by atoms with Crippen LogP contribution < -0.4 is 5.32 Å². The van der Waals surface area contributed by atoms with Gasteiger partial charge >= 0.3 is 0 Å². The number of rotatable bonds is 5. The van der Waals surface area contributed by atoms with Crippen molar-refractivity contribution in [3.63, 3.8) is 0 Å². The van der Waals surface area contributed by atoms with Crippen molar-refractivity contribution in [2.45, 2.75) is 13.1 Å². The Labute approximate surface area is 116 Å². The third-order valence-electron chi connectivity index (χ3n) is 3.14. The van der Waals surface area contributed by atoms with Gasteiger partial charge in [0.25, 0.3) is 0 Å². The molecule has 0 amide bonds. The highest BCUT2D eigenvalue weighted by atomic mass is 35.5. The van der Waals surface area contributed by atoms with Gasteiger partial charge in [0.2, 0.25) is 0 Å². The number of furan rings is 1. The molecule has 1 aromatic carbocycles. The number of halogens is 1. The molecule has 1 N–H and O–H groups in total. The van der Waals surface area contributed by atoms with Gasteiger partial charge in [-0.15, -0.1) is 0 Å². The van der Waals surface area contributed by atoms with Gasteiger partial charge in [-0.05, 0) is 35.7 Å². The fourth-order valence-electron chi connectivity index (χ4n) is 2.18. The monoisotopic (exact) mass is 274 g/mol. The van der Waals surface area contributed by atoms with Crippen LogP contribution in [0.1, 0.15) is 5.76 Å². The first-order chi connectivity index (χ1) is 9.33. The number of benzene rings is 1. The number of hydrogen-bond acceptors (Lipinski definition) is 2. The maximum Gasteiger partial charge on any atom is 0.117 e. The van der Waals surface area contributed by atoms with E-state index in [4.69, 9.17) is 16.0 Å². The van der Waals surface area contributed by atoms with Crippen molar-refractivity contribution < 1.29 is 4.42 Å². The summed E-state index contributed by atoms with van der Waals surface area (Å²) in [5.74, 6) is 0.959. The number of hydrogen-bond donors (Lipinski definition) is 1. The van der Waals surface area contributed by atoms with Crippen molar-refractivity contribution in [1.29, 1.82) is 0 Å². The lowest BCUT2D eigenvalue weighted by Gasteiger charge is -2.06. The Morgan fingerprint density at radius 2 is 2.16 bits per heavy atom. The molecule has 0 aliphatic carbocycles. The van der Waals surface area contributed by atoms with Crippen LogP contribution >= 0.6 is 11.6 Å². The average molecular weight is 275 g/mol. The Hall–Kier alpha value is -1.71. The standard InChI is InChI=1S/C15H15ClN2O/c16-13-4-3-12-5-7-18(15(12)10-13)8-6-17-11-14-2-1-9-19-14/h1-5,7,9-10,17H,6,8,11H2. The summed E-state index contributed by atoms with van der Waals surface area (Å²) in [5, 5.41) is 5.35. The molecule has 3 nitrogen and oxygen atoms in total. The first-order valence-corrected chi connectivity index (χ1v) is 6.68. The van der Waals surface area contributed by atoms with E-state index in [0.717, 1.165) is 30.4 Å². The molecule has 0 unspecified atom stereocenters. The quantitative estimate of drug-likeness (QED) is 0.720. The first kappa shape index (κ1) is 12.3. The van der Waals surface area contributed by atoms with E-state index in [0.29, 0.717) is 0 Å². The lowest BCUT2D eigenvalue weighted by Crippen LogP contribution is -2.18. The number of nitrogens with zero attached hydrogens (tertiary/aromatic N) is 1. The second-order valence-electron chi connectivity index (χ2n) is 4.47. The van der Waals surface area contributed by atoms with Crippen LogP contribution in [0.25, 0.3) is 10.9 Å². The maximum absolute atomic E-state index is 6.04. The first-order valence-electron chi connectivity index (χ1n) is 6.30. The molecule has 2 heterocycles. The highest BCUT2D eigenvalue weighted by Crippen LogP contribution is 2.20. The van der Waals surface area contributed by atoms with Crippen molar-refractivity contribution >= 4 is 22.5 Å². The van der Waals surface area contributed by atoms with Crippen LogP contribution in [0.3, 0.4) is 0 Å². The van der Waals surface area contributed by atoms with Crippen molar-refractivity contribution in [3.8, 4) is 0 Å². The molecule has 0 spiro atoms. The maximum atomic E-state index is 6.04. The van der Waals surface area contributed by atoms with E-state index in [9.17, 15) is 0 Å². The molecule has 19 heavy (non-hydrogen) atoms. The van der Waals surface area contributed by atoms with Gasteiger partial charge < -0.3 is 14.3 Å². The van der Waals surface area contributed by atoms with E-state index < -0.39 is 0 Å². The molecule has 98 valence electrons. The Bertz CT molecular complexity index is 658. The summed E-state index contributed by atoms with van der Waals surface area (Å²) in [7, 11) is 0. The molecule has 3 aromatic rings. The van der Waals surface area contributed by atoms with Gasteiger partial charge in [0, 0.05) is 29.8 Å². The molecule has 0 saturated heterocycles. The van der Waals surface area contributed by atoms with Crippen molar-refractivity contribution in [3.05, 3.63) is 59.6 Å². The predicted molar refractivity (Wildman–Crippen MR) is 77.4 cm³/mol. The average Bonchev–Trinajstić information content (AvgIpc) is 3.04. The Balaban J connectivity index is 1.60.